The van der Waals surface area contributed by atoms with Crippen LogP contribution in [0, 0.1) is 0 Å². The van der Waals surface area contributed by atoms with Gasteiger partial charge in [0.2, 0.25) is 15.9 Å². The molecule has 0 saturated carbocycles. The molecule has 32 heavy (non-hydrogen) atoms. The summed E-state index contributed by atoms with van der Waals surface area (Å²) in [5.41, 5.74) is -1.59. The van der Waals surface area contributed by atoms with Crippen LogP contribution in [0.15, 0.2) is 53.4 Å². The first-order valence-corrected chi connectivity index (χ1v) is 10.4. The van der Waals surface area contributed by atoms with Gasteiger partial charge >= 0.3 is 12.4 Å². The van der Waals surface area contributed by atoms with Crippen molar-refractivity contribution in [1.82, 2.24) is 4.72 Å². The van der Waals surface area contributed by atoms with E-state index in [1.807, 2.05) is 0 Å². The number of hydrogen-bond donors (Lipinski definition) is 3. The van der Waals surface area contributed by atoms with Gasteiger partial charge in [0.25, 0.3) is 5.60 Å². The van der Waals surface area contributed by atoms with Crippen LogP contribution in [0.5, 0.6) is 0 Å². The third-order valence-corrected chi connectivity index (χ3v) is 6.24. The van der Waals surface area contributed by atoms with E-state index in [2.05, 4.69) is 4.72 Å². The summed E-state index contributed by atoms with van der Waals surface area (Å²) >= 11 is 0. The quantitative estimate of drug-likeness (QED) is 0.525. The number of hydrogen-bond acceptors (Lipinski definition) is 4. The first-order chi connectivity index (χ1) is 14.6. The maximum atomic E-state index is 13.1. The van der Waals surface area contributed by atoms with Gasteiger partial charge in [0.05, 0.1) is 10.8 Å². The van der Waals surface area contributed by atoms with E-state index < -0.39 is 45.4 Å². The van der Waals surface area contributed by atoms with Crippen LogP contribution >= 0.6 is 0 Å². The van der Waals surface area contributed by atoms with Crippen molar-refractivity contribution < 1.29 is 44.7 Å². The van der Waals surface area contributed by atoms with Crippen LogP contribution < -0.4 is 10.5 Å². The van der Waals surface area contributed by atoms with Crippen LogP contribution in [-0.2, 0) is 20.4 Å². The Morgan fingerprint density at radius 2 is 1.50 bits per heavy atom. The Bertz CT molecular complexity index is 1070. The Morgan fingerprint density at radius 3 is 1.94 bits per heavy atom. The van der Waals surface area contributed by atoms with E-state index in [0.717, 1.165) is 12.1 Å². The minimum absolute atomic E-state index is 0.0140. The van der Waals surface area contributed by atoms with Crippen LogP contribution in [0.4, 0.5) is 26.3 Å². The normalized spacial score (nSPS) is 14.2. The molecular formula is C19H18F6N2O4S. The molecule has 0 aliphatic heterocycles. The fourth-order valence-corrected chi connectivity index (χ4v) is 4.42. The summed E-state index contributed by atoms with van der Waals surface area (Å²) < 4.78 is 106. The second-order valence-electron chi connectivity index (χ2n) is 6.70. The highest BCUT2D eigenvalue weighted by atomic mass is 32.2. The maximum absolute atomic E-state index is 13.1. The number of benzene rings is 2. The second kappa shape index (κ2) is 8.71. The molecule has 0 bridgehead atoms. The molecule has 2 aromatic carbocycles. The zero-order valence-electron chi connectivity index (χ0n) is 16.3. The number of amides is 1. The predicted molar refractivity (Wildman–Crippen MR) is 101 cm³/mol. The Morgan fingerprint density at radius 1 is 1.00 bits per heavy atom. The lowest BCUT2D eigenvalue weighted by Crippen LogP contribution is -2.53. The van der Waals surface area contributed by atoms with Crippen molar-refractivity contribution in [3.8, 4) is 0 Å². The molecular weight excluding hydrogens is 466 g/mol. The van der Waals surface area contributed by atoms with Crippen LogP contribution in [0.2, 0.25) is 0 Å². The van der Waals surface area contributed by atoms with E-state index in [9.17, 15) is 44.7 Å². The standard InChI is InChI=1S/C19H18F6N2O4S/c1-2-27-32(30,31)14-6-4-3-5-13(14)15(16(26)28)11-7-9-12(10-8-11)17(29,18(20,21)22)19(23,24)25/h3-10,15,27,29H,2H2,1H3,(H2,26,28). The van der Waals surface area contributed by atoms with Crippen molar-refractivity contribution in [2.75, 3.05) is 6.54 Å². The average molecular weight is 484 g/mol. The van der Waals surface area contributed by atoms with Gasteiger partial charge in [0.15, 0.2) is 0 Å². The molecule has 1 unspecified atom stereocenters. The zero-order valence-corrected chi connectivity index (χ0v) is 17.1. The Labute approximate surface area is 179 Å². The van der Waals surface area contributed by atoms with Gasteiger partial charge in [-0.1, -0.05) is 49.4 Å². The third-order valence-electron chi connectivity index (χ3n) is 4.62. The summed E-state index contributed by atoms with van der Waals surface area (Å²) in [6, 6.07) is 7.35. The summed E-state index contributed by atoms with van der Waals surface area (Å²) in [5, 5.41) is 9.49. The number of nitrogens with one attached hydrogen (secondary N) is 1. The van der Waals surface area contributed by atoms with Crippen LogP contribution in [0.1, 0.15) is 29.5 Å². The zero-order chi connectivity index (χ0) is 24.5. The first kappa shape index (κ1) is 25.6. The van der Waals surface area contributed by atoms with Gasteiger partial charge in [-0.2, -0.15) is 26.3 Å². The number of halogens is 6. The lowest BCUT2D eigenvalue weighted by atomic mass is 9.87. The molecule has 0 saturated heterocycles. The number of aliphatic hydroxyl groups is 1. The topological polar surface area (TPSA) is 109 Å². The van der Waals surface area contributed by atoms with Crippen molar-refractivity contribution in [2.45, 2.75) is 35.7 Å². The summed E-state index contributed by atoms with van der Waals surface area (Å²) in [5.74, 6) is -2.61. The van der Waals surface area contributed by atoms with Crippen molar-refractivity contribution in [1.29, 1.82) is 0 Å². The van der Waals surface area contributed by atoms with Crippen molar-refractivity contribution in [3.05, 3.63) is 65.2 Å². The first-order valence-electron chi connectivity index (χ1n) is 8.92. The molecule has 0 heterocycles. The minimum atomic E-state index is -6.08. The Hall–Kier alpha value is -2.64. The highest BCUT2D eigenvalue weighted by Gasteiger charge is 2.71. The van der Waals surface area contributed by atoms with Crippen molar-refractivity contribution in [3.63, 3.8) is 0 Å². The van der Waals surface area contributed by atoms with E-state index >= 15 is 0 Å². The lowest BCUT2D eigenvalue weighted by molar-refractivity contribution is -0.376. The number of alkyl halides is 6. The molecule has 0 spiro atoms. The van der Waals surface area contributed by atoms with Crippen molar-refractivity contribution in [2.24, 2.45) is 5.73 Å². The third kappa shape index (κ3) is 4.59. The fourth-order valence-electron chi connectivity index (χ4n) is 3.13. The monoisotopic (exact) mass is 484 g/mol. The maximum Gasteiger partial charge on any atom is 0.430 e. The molecule has 0 aliphatic carbocycles. The van der Waals surface area contributed by atoms with Gasteiger partial charge in [0.1, 0.15) is 0 Å². The van der Waals surface area contributed by atoms with E-state index in [0.29, 0.717) is 12.1 Å². The van der Waals surface area contributed by atoms with E-state index in [1.165, 1.54) is 31.2 Å². The van der Waals surface area contributed by atoms with Crippen LogP contribution in [0.25, 0.3) is 0 Å². The smallest absolute Gasteiger partial charge is 0.369 e. The molecule has 0 radical (unpaired) electrons. The minimum Gasteiger partial charge on any atom is -0.369 e. The van der Waals surface area contributed by atoms with Gasteiger partial charge in [-0.25, -0.2) is 13.1 Å². The molecule has 13 heteroatoms. The number of rotatable bonds is 7. The molecule has 2 aromatic rings. The van der Waals surface area contributed by atoms with Gasteiger partial charge in [0, 0.05) is 12.1 Å². The summed E-state index contributed by atoms with van der Waals surface area (Å²) in [6.07, 6.45) is -12.2. The molecule has 4 N–H and O–H groups in total. The van der Waals surface area contributed by atoms with E-state index in [4.69, 9.17) is 5.73 Å². The van der Waals surface area contributed by atoms with Crippen molar-refractivity contribution >= 4 is 15.9 Å². The molecule has 1 atom stereocenters. The largest absolute Gasteiger partial charge is 0.430 e. The van der Waals surface area contributed by atoms with Gasteiger partial charge < -0.3 is 10.8 Å². The van der Waals surface area contributed by atoms with Gasteiger partial charge in [-0.3, -0.25) is 4.79 Å². The van der Waals surface area contributed by atoms with Crippen LogP contribution in [0.3, 0.4) is 0 Å². The molecule has 6 nitrogen and oxygen atoms in total. The highest BCUT2D eigenvalue weighted by Crippen LogP contribution is 2.50. The number of sulfonamides is 1. The Kier molecular flexibility index (Phi) is 6.98. The molecule has 176 valence electrons. The number of carbonyl (C=O) groups is 1. The number of primary amides is 1. The van der Waals surface area contributed by atoms with E-state index in [1.54, 1.807) is 0 Å². The second-order valence-corrected chi connectivity index (χ2v) is 8.44. The number of nitrogens with two attached hydrogens (primary N) is 1. The van der Waals surface area contributed by atoms with E-state index in [-0.39, 0.29) is 22.6 Å². The van der Waals surface area contributed by atoms with Gasteiger partial charge in [-0.15, -0.1) is 0 Å². The SMILES string of the molecule is CCNS(=O)(=O)c1ccccc1C(C(N)=O)c1ccc(C(O)(C(F)(F)F)C(F)(F)F)cc1. The van der Waals surface area contributed by atoms with Crippen LogP contribution in [-0.4, -0.2) is 38.3 Å². The molecule has 1 amide bonds. The molecule has 2 rings (SSSR count). The fraction of sp³-hybridized carbons (Fsp3) is 0.316. The predicted octanol–water partition coefficient (Wildman–Crippen LogP) is 2.91. The van der Waals surface area contributed by atoms with Gasteiger partial charge in [-0.05, 0) is 17.2 Å². The number of carbonyl (C=O) groups excluding carboxylic acids is 1. The average Bonchev–Trinajstić information content (AvgIpc) is 2.66. The summed E-state index contributed by atoms with van der Waals surface area (Å²) in [7, 11) is -4.09. The molecule has 0 aromatic heterocycles. The lowest BCUT2D eigenvalue weighted by Gasteiger charge is -2.32. The summed E-state index contributed by atoms with van der Waals surface area (Å²) in [4.78, 5) is 11.8. The molecule has 0 fully saturated rings. The summed E-state index contributed by atoms with van der Waals surface area (Å²) in [6.45, 7) is 1.52. The highest BCUT2D eigenvalue weighted by molar-refractivity contribution is 7.89. The molecule has 0 aliphatic rings. The Balaban J connectivity index is 2.65.